The number of carbonyl (C=O) groups excluding carboxylic acids is 1. The number of benzene rings is 2. The fourth-order valence-electron chi connectivity index (χ4n) is 3.48. The maximum Gasteiger partial charge on any atom is 0.334 e. The molecule has 9 nitrogen and oxygen atoms in total. The van der Waals surface area contributed by atoms with E-state index in [1.54, 1.807) is 18.2 Å². The number of H-pyrrole nitrogens is 1. The highest BCUT2D eigenvalue weighted by molar-refractivity contribution is 6.30. The molecule has 0 fully saturated rings. The predicted molar refractivity (Wildman–Crippen MR) is 129 cm³/mol. The zero-order valence-corrected chi connectivity index (χ0v) is 19.2. The number of halogens is 1. The smallest absolute Gasteiger partial charge is 0.334 e. The number of hydrogen-bond acceptors (Lipinski definition) is 6. The van der Waals surface area contributed by atoms with Crippen LogP contribution in [0.25, 0.3) is 16.7 Å². The molecule has 0 atom stereocenters. The van der Waals surface area contributed by atoms with Gasteiger partial charge in [0.05, 0.1) is 25.1 Å². The molecule has 1 amide bonds. The van der Waals surface area contributed by atoms with Crippen molar-refractivity contribution in [1.82, 2.24) is 19.9 Å². The van der Waals surface area contributed by atoms with Crippen molar-refractivity contribution >= 4 is 28.4 Å². The molecule has 0 spiro atoms. The lowest BCUT2D eigenvalue weighted by Gasteiger charge is -2.10. The van der Waals surface area contributed by atoms with Crippen molar-refractivity contribution in [2.75, 3.05) is 20.8 Å². The van der Waals surface area contributed by atoms with Crippen molar-refractivity contribution < 1.29 is 14.3 Å². The number of carbonyl (C=O) groups is 1. The van der Waals surface area contributed by atoms with E-state index < -0.39 is 11.2 Å². The maximum absolute atomic E-state index is 13.1. The zero-order chi connectivity index (χ0) is 24.2. The first kappa shape index (κ1) is 23.1. The molecule has 2 aromatic heterocycles. The highest BCUT2D eigenvalue weighted by Crippen LogP contribution is 2.24. The van der Waals surface area contributed by atoms with E-state index in [9.17, 15) is 14.4 Å². The third kappa shape index (κ3) is 4.65. The summed E-state index contributed by atoms with van der Waals surface area (Å²) in [6.45, 7) is 0.418. The van der Waals surface area contributed by atoms with E-state index in [-0.39, 0.29) is 28.5 Å². The monoisotopic (exact) mass is 480 g/mol. The van der Waals surface area contributed by atoms with Crippen LogP contribution >= 0.6 is 11.6 Å². The highest BCUT2D eigenvalue weighted by atomic mass is 35.5. The Morgan fingerprint density at radius 1 is 1.06 bits per heavy atom. The molecule has 4 rings (SSSR count). The van der Waals surface area contributed by atoms with Crippen molar-refractivity contribution in [2.24, 2.45) is 0 Å². The second-order valence-electron chi connectivity index (χ2n) is 7.34. The first-order valence-electron chi connectivity index (χ1n) is 10.3. The SMILES string of the molecule is COc1ccc(-n2c(=O)[nH]c3cc(C(=O)NCCc4ccc(Cl)cc4)ccc3c2=O)nc1OC. The summed E-state index contributed by atoms with van der Waals surface area (Å²) < 4.78 is 11.2. The molecule has 0 aliphatic heterocycles. The fraction of sp³-hybridized carbons (Fsp3) is 0.167. The minimum absolute atomic E-state index is 0.0785. The molecule has 0 radical (unpaired) electrons. The van der Waals surface area contributed by atoms with Crippen LogP contribution in [0.3, 0.4) is 0 Å². The number of fused-ring (bicyclic) bond motifs is 1. The van der Waals surface area contributed by atoms with E-state index in [2.05, 4.69) is 15.3 Å². The Hall–Kier alpha value is -4.11. The third-order valence-electron chi connectivity index (χ3n) is 5.23. The Kier molecular flexibility index (Phi) is 6.65. The summed E-state index contributed by atoms with van der Waals surface area (Å²) in [6.07, 6.45) is 0.635. The van der Waals surface area contributed by atoms with Gasteiger partial charge in [0.2, 0.25) is 0 Å². The lowest BCUT2D eigenvalue weighted by atomic mass is 10.1. The first-order chi connectivity index (χ1) is 16.4. The summed E-state index contributed by atoms with van der Waals surface area (Å²) >= 11 is 5.88. The van der Waals surface area contributed by atoms with Crippen LogP contribution < -0.4 is 26.0 Å². The molecule has 0 saturated heterocycles. The van der Waals surface area contributed by atoms with Crippen LogP contribution in [0.1, 0.15) is 15.9 Å². The van der Waals surface area contributed by atoms with Gasteiger partial charge in [0.1, 0.15) is 5.82 Å². The van der Waals surface area contributed by atoms with Gasteiger partial charge in [-0.05, 0) is 54.4 Å². The molecule has 174 valence electrons. The quantitative estimate of drug-likeness (QED) is 0.420. The molecule has 2 aromatic carbocycles. The van der Waals surface area contributed by atoms with Gasteiger partial charge >= 0.3 is 5.69 Å². The van der Waals surface area contributed by atoms with Crippen LogP contribution in [0.4, 0.5) is 0 Å². The number of nitrogens with zero attached hydrogens (tertiary/aromatic N) is 2. The summed E-state index contributed by atoms with van der Waals surface area (Å²) in [7, 11) is 2.86. The number of nitrogens with one attached hydrogen (secondary N) is 2. The lowest BCUT2D eigenvalue weighted by Crippen LogP contribution is -2.34. The molecule has 0 bridgehead atoms. The van der Waals surface area contributed by atoms with Gasteiger partial charge in [-0.3, -0.25) is 9.59 Å². The van der Waals surface area contributed by atoms with Crippen molar-refractivity contribution in [3.63, 3.8) is 0 Å². The van der Waals surface area contributed by atoms with Gasteiger partial charge in [0.15, 0.2) is 5.75 Å². The van der Waals surface area contributed by atoms with Gasteiger partial charge in [-0.25, -0.2) is 9.36 Å². The van der Waals surface area contributed by atoms with Gasteiger partial charge in [-0.1, -0.05) is 23.7 Å². The number of pyridine rings is 1. The van der Waals surface area contributed by atoms with Crippen molar-refractivity contribution in [3.05, 3.63) is 91.6 Å². The number of methoxy groups -OCH3 is 2. The standard InChI is InChI=1S/C24H21ClN4O5/c1-33-19-9-10-20(28-22(19)34-2)29-23(31)17-8-5-15(13-18(17)27-24(29)32)21(30)26-12-11-14-3-6-16(25)7-4-14/h3-10,13H,11-12H2,1-2H3,(H,26,30)(H,27,32). The van der Waals surface area contributed by atoms with Gasteiger partial charge in [0.25, 0.3) is 17.3 Å². The van der Waals surface area contributed by atoms with Crippen molar-refractivity contribution in [1.29, 1.82) is 0 Å². The zero-order valence-electron chi connectivity index (χ0n) is 18.4. The minimum Gasteiger partial charge on any atom is -0.491 e. The number of rotatable bonds is 7. The Labute approximate surface area is 198 Å². The van der Waals surface area contributed by atoms with E-state index >= 15 is 0 Å². The van der Waals surface area contributed by atoms with Gasteiger partial charge < -0.3 is 19.8 Å². The molecule has 0 unspecified atom stereocenters. The van der Waals surface area contributed by atoms with Crippen LogP contribution in [0, 0.1) is 0 Å². The van der Waals surface area contributed by atoms with E-state index in [1.807, 2.05) is 12.1 Å². The third-order valence-corrected chi connectivity index (χ3v) is 5.48. The number of aromatic nitrogens is 3. The normalized spacial score (nSPS) is 10.8. The second-order valence-corrected chi connectivity index (χ2v) is 7.78. The van der Waals surface area contributed by atoms with E-state index in [0.29, 0.717) is 29.3 Å². The Balaban J connectivity index is 1.59. The van der Waals surface area contributed by atoms with Gasteiger partial charge in [-0.15, -0.1) is 0 Å². The summed E-state index contributed by atoms with van der Waals surface area (Å²) in [4.78, 5) is 45.2. The molecule has 10 heteroatoms. The number of aromatic amines is 1. The van der Waals surface area contributed by atoms with Gasteiger partial charge in [-0.2, -0.15) is 4.98 Å². The maximum atomic E-state index is 13.1. The first-order valence-corrected chi connectivity index (χ1v) is 10.7. The molecular formula is C24H21ClN4O5. The van der Waals surface area contributed by atoms with Crippen molar-refractivity contribution in [2.45, 2.75) is 6.42 Å². The number of hydrogen-bond donors (Lipinski definition) is 2. The van der Waals surface area contributed by atoms with Crippen LogP contribution in [0.2, 0.25) is 5.02 Å². The second kappa shape index (κ2) is 9.80. The van der Waals surface area contributed by atoms with Crippen LogP contribution in [0.5, 0.6) is 11.6 Å². The van der Waals surface area contributed by atoms with Crippen LogP contribution in [-0.4, -0.2) is 41.2 Å². The predicted octanol–water partition coefficient (Wildman–Crippen LogP) is 2.72. The molecule has 0 saturated carbocycles. The number of ether oxygens (including phenoxy) is 2. The average molecular weight is 481 g/mol. The summed E-state index contributed by atoms with van der Waals surface area (Å²) in [6, 6.07) is 14.9. The highest BCUT2D eigenvalue weighted by Gasteiger charge is 2.15. The van der Waals surface area contributed by atoms with Crippen LogP contribution in [-0.2, 0) is 6.42 Å². The molecular weight excluding hydrogens is 460 g/mol. The van der Waals surface area contributed by atoms with Gasteiger partial charge in [0, 0.05) is 17.1 Å². The molecule has 0 aliphatic carbocycles. The Bertz CT molecular complexity index is 1480. The average Bonchev–Trinajstić information content (AvgIpc) is 2.84. The summed E-state index contributed by atoms with van der Waals surface area (Å²) in [5.41, 5.74) is 0.334. The molecule has 2 heterocycles. The summed E-state index contributed by atoms with van der Waals surface area (Å²) in [5.74, 6) is 0.262. The Morgan fingerprint density at radius 3 is 2.53 bits per heavy atom. The minimum atomic E-state index is -0.697. The van der Waals surface area contributed by atoms with Crippen LogP contribution in [0.15, 0.2) is 64.2 Å². The van der Waals surface area contributed by atoms with Crippen molar-refractivity contribution in [3.8, 4) is 17.4 Å². The van der Waals surface area contributed by atoms with E-state index in [4.69, 9.17) is 21.1 Å². The van der Waals surface area contributed by atoms with E-state index in [0.717, 1.165) is 10.1 Å². The number of amides is 1. The topological polar surface area (TPSA) is 115 Å². The Morgan fingerprint density at radius 2 is 1.82 bits per heavy atom. The molecule has 34 heavy (non-hydrogen) atoms. The van der Waals surface area contributed by atoms with E-state index in [1.165, 1.54) is 38.5 Å². The molecule has 2 N–H and O–H groups in total. The lowest BCUT2D eigenvalue weighted by molar-refractivity contribution is 0.0954. The molecule has 0 aliphatic rings. The fourth-order valence-corrected chi connectivity index (χ4v) is 3.61. The summed E-state index contributed by atoms with van der Waals surface area (Å²) in [5, 5.41) is 3.72. The largest absolute Gasteiger partial charge is 0.491 e. The molecule has 4 aromatic rings.